The maximum absolute atomic E-state index is 13.8. The molecule has 0 spiro atoms. The highest BCUT2D eigenvalue weighted by Crippen LogP contribution is 2.24. The van der Waals surface area contributed by atoms with E-state index in [9.17, 15) is 9.18 Å². The molecule has 1 fully saturated rings. The van der Waals surface area contributed by atoms with Gasteiger partial charge < -0.3 is 15.5 Å². The number of aryl methyl sites for hydroxylation is 1. The second-order valence-corrected chi connectivity index (χ2v) is 7.19. The third-order valence-corrected chi connectivity index (χ3v) is 4.97. The third kappa shape index (κ3) is 4.46. The highest BCUT2D eigenvalue weighted by Gasteiger charge is 2.18. The van der Waals surface area contributed by atoms with Gasteiger partial charge in [0.25, 0.3) is 0 Å². The lowest BCUT2D eigenvalue weighted by Gasteiger charge is -2.14. The monoisotopic (exact) mass is 393 g/mol. The van der Waals surface area contributed by atoms with E-state index in [1.165, 1.54) is 12.1 Å². The van der Waals surface area contributed by atoms with Crippen LogP contribution in [0.5, 0.6) is 0 Å². The van der Waals surface area contributed by atoms with Gasteiger partial charge >= 0.3 is 6.03 Å². The largest absolute Gasteiger partial charge is 0.336 e. The Morgan fingerprint density at radius 3 is 2.83 bits per heavy atom. The summed E-state index contributed by atoms with van der Waals surface area (Å²) >= 11 is 0. The van der Waals surface area contributed by atoms with Crippen LogP contribution in [-0.2, 0) is 6.54 Å². The van der Waals surface area contributed by atoms with E-state index in [1.54, 1.807) is 11.0 Å². The zero-order valence-corrected chi connectivity index (χ0v) is 16.4. The number of carbonyl (C=O) groups is 1. The number of carbonyl (C=O) groups excluding carboxylic acids is 1. The molecule has 0 radical (unpaired) electrons. The Morgan fingerprint density at radius 1 is 1.21 bits per heavy atom. The number of rotatable bonds is 7. The normalized spacial score (nSPS) is 13.7. The Hall–Kier alpha value is -3.19. The second kappa shape index (κ2) is 8.45. The summed E-state index contributed by atoms with van der Waals surface area (Å²) in [6, 6.07) is 14.6. The second-order valence-electron chi connectivity index (χ2n) is 7.19. The number of urea groups is 1. The number of amides is 2. The van der Waals surface area contributed by atoms with Gasteiger partial charge in [0.1, 0.15) is 5.82 Å². The molecule has 6 nitrogen and oxygen atoms in total. The van der Waals surface area contributed by atoms with Gasteiger partial charge in [0.15, 0.2) is 0 Å². The van der Waals surface area contributed by atoms with Crippen LogP contribution >= 0.6 is 0 Å². The van der Waals surface area contributed by atoms with Crippen molar-refractivity contribution in [1.29, 1.82) is 0 Å². The van der Waals surface area contributed by atoms with Crippen molar-refractivity contribution in [3.63, 3.8) is 0 Å². The number of nitrogens with one attached hydrogen (secondary N) is 2. The van der Waals surface area contributed by atoms with Crippen molar-refractivity contribution in [2.24, 2.45) is 0 Å². The Labute approximate surface area is 169 Å². The number of benzene rings is 2. The van der Waals surface area contributed by atoms with E-state index in [1.807, 2.05) is 42.1 Å². The summed E-state index contributed by atoms with van der Waals surface area (Å²) in [5.74, 6) is -0.286. The average molecular weight is 393 g/mol. The van der Waals surface area contributed by atoms with Crippen LogP contribution < -0.4 is 10.6 Å². The van der Waals surface area contributed by atoms with Crippen LogP contribution in [0.2, 0.25) is 0 Å². The van der Waals surface area contributed by atoms with Crippen molar-refractivity contribution in [2.75, 3.05) is 26.2 Å². The molecule has 2 aromatic carbocycles. The number of hydrogen-bond acceptors (Lipinski definition) is 3. The van der Waals surface area contributed by atoms with Gasteiger partial charge in [-0.15, -0.1) is 0 Å². The topological polar surface area (TPSA) is 62.2 Å². The van der Waals surface area contributed by atoms with Gasteiger partial charge in [0, 0.05) is 50.0 Å². The summed E-state index contributed by atoms with van der Waals surface area (Å²) in [5, 5.41) is 10.9. The fourth-order valence-corrected chi connectivity index (χ4v) is 3.48. The van der Waals surface area contributed by atoms with Crippen molar-refractivity contribution < 1.29 is 9.18 Å². The van der Waals surface area contributed by atoms with E-state index in [-0.39, 0.29) is 11.8 Å². The highest BCUT2D eigenvalue weighted by atomic mass is 19.1. The Balaban J connectivity index is 1.54. The lowest BCUT2D eigenvalue weighted by atomic mass is 10.1. The zero-order valence-electron chi connectivity index (χ0n) is 16.4. The molecule has 1 aromatic heterocycles. The Morgan fingerprint density at radius 2 is 2.07 bits per heavy atom. The Bertz CT molecular complexity index is 1020. The summed E-state index contributed by atoms with van der Waals surface area (Å²) < 4.78 is 15.6. The molecule has 1 saturated heterocycles. The molecule has 0 atom stereocenters. The van der Waals surface area contributed by atoms with Gasteiger partial charge in [-0.2, -0.15) is 5.10 Å². The maximum atomic E-state index is 13.8. The summed E-state index contributed by atoms with van der Waals surface area (Å²) in [6.07, 6.45) is 1.98. The number of hydrogen-bond donors (Lipinski definition) is 2. The lowest BCUT2D eigenvalue weighted by Crippen LogP contribution is -2.34. The number of halogens is 1. The number of nitrogens with zero attached hydrogens (tertiary/aromatic N) is 3. The molecule has 0 unspecified atom stereocenters. The minimum absolute atomic E-state index is 0.0143. The van der Waals surface area contributed by atoms with Gasteiger partial charge in [-0.25, -0.2) is 13.9 Å². The molecule has 1 aliphatic rings. The van der Waals surface area contributed by atoms with Crippen LogP contribution in [-0.4, -0.2) is 46.9 Å². The van der Waals surface area contributed by atoms with Crippen LogP contribution in [0.1, 0.15) is 11.1 Å². The first-order valence-corrected chi connectivity index (χ1v) is 9.75. The molecule has 2 N–H and O–H groups in total. The predicted octanol–water partition coefficient (Wildman–Crippen LogP) is 3.10. The van der Waals surface area contributed by atoms with E-state index in [4.69, 9.17) is 5.10 Å². The summed E-state index contributed by atoms with van der Waals surface area (Å²) in [5.41, 5.74) is 4.57. The number of aromatic nitrogens is 2. The molecular formula is C22H24FN5O. The van der Waals surface area contributed by atoms with Crippen LogP contribution in [0.3, 0.4) is 0 Å². The Kier molecular flexibility index (Phi) is 5.57. The molecule has 0 saturated carbocycles. The van der Waals surface area contributed by atoms with E-state index in [0.29, 0.717) is 26.2 Å². The molecule has 2 heterocycles. The van der Waals surface area contributed by atoms with E-state index < -0.39 is 0 Å². The standard InChI is InChI=1S/C22H24FN5O/c1-16-4-2-7-20(12-16)28-15-18(14-24-8-10-27-11-9-25-22(27)29)21(26-28)17-5-3-6-19(23)13-17/h2-7,12-13,15,24H,8-11,14H2,1H3,(H,25,29). The van der Waals surface area contributed by atoms with E-state index in [2.05, 4.69) is 16.7 Å². The highest BCUT2D eigenvalue weighted by molar-refractivity contribution is 5.76. The van der Waals surface area contributed by atoms with Crippen LogP contribution in [0.25, 0.3) is 16.9 Å². The van der Waals surface area contributed by atoms with Crippen LogP contribution in [0, 0.1) is 12.7 Å². The van der Waals surface area contributed by atoms with Crippen LogP contribution in [0.15, 0.2) is 54.7 Å². The molecule has 2 amide bonds. The molecule has 7 heteroatoms. The van der Waals surface area contributed by atoms with Gasteiger partial charge in [0.05, 0.1) is 11.4 Å². The van der Waals surface area contributed by atoms with Crippen molar-refractivity contribution >= 4 is 6.03 Å². The zero-order chi connectivity index (χ0) is 20.2. The summed E-state index contributed by atoms with van der Waals surface area (Å²) in [4.78, 5) is 13.4. The van der Waals surface area contributed by atoms with Crippen molar-refractivity contribution in [1.82, 2.24) is 25.3 Å². The third-order valence-electron chi connectivity index (χ3n) is 4.97. The smallest absolute Gasteiger partial charge is 0.317 e. The molecule has 3 aromatic rings. The van der Waals surface area contributed by atoms with Gasteiger partial charge in [-0.3, -0.25) is 0 Å². The van der Waals surface area contributed by atoms with Gasteiger partial charge in [0.2, 0.25) is 0 Å². The first-order valence-electron chi connectivity index (χ1n) is 9.75. The van der Waals surface area contributed by atoms with Crippen molar-refractivity contribution in [3.05, 3.63) is 71.7 Å². The molecule has 0 bridgehead atoms. The molecular weight excluding hydrogens is 369 g/mol. The van der Waals surface area contributed by atoms with Gasteiger partial charge in [-0.05, 0) is 36.8 Å². The summed E-state index contributed by atoms with van der Waals surface area (Å²) in [7, 11) is 0. The molecule has 29 heavy (non-hydrogen) atoms. The molecule has 4 rings (SSSR count). The van der Waals surface area contributed by atoms with E-state index >= 15 is 0 Å². The van der Waals surface area contributed by atoms with Crippen molar-refractivity contribution in [2.45, 2.75) is 13.5 Å². The fourth-order valence-electron chi connectivity index (χ4n) is 3.48. The quantitative estimate of drug-likeness (QED) is 0.607. The minimum Gasteiger partial charge on any atom is -0.336 e. The van der Waals surface area contributed by atoms with E-state index in [0.717, 1.165) is 34.6 Å². The average Bonchev–Trinajstić information content (AvgIpc) is 3.32. The molecule has 1 aliphatic heterocycles. The SMILES string of the molecule is Cc1cccc(-n2cc(CNCCN3CCNC3=O)c(-c3cccc(F)c3)n2)c1. The first kappa shape index (κ1) is 19.1. The molecule has 150 valence electrons. The predicted molar refractivity (Wildman–Crippen MR) is 110 cm³/mol. The lowest BCUT2D eigenvalue weighted by molar-refractivity contribution is 0.217. The molecule has 0 aliphatic carbocycles. The van der Waals surface area contributed by atoms with Gasteiger partial charge in [-0.1, -0.05) is 24.3 Å². The fraction of sp³-hybridized carbons (Fsp3) is 0.273. The first-order chi connectivity index (χ1) is 14.1. The van der Waals surface area contributed by atoms with Crippen LogP contribution in [0.4, 0.5) is 9.18 Å². The maximum Gasteiger partial charge on any atom is 0.317 e. The minimum atomic E-state index is -0.286. The summed E-state index contributed by atoms with van der Waals surface area (Å²) in [6.45, 7) is 5.37. The van der Waals surface area contributed by atoms with Crippen molar-refractivity contribution in [3.8, 4) is 16.9 Å².